The molecule has 1 amide bonds. The fourth-order valence-corrected chi connectivity index (χ4v) is 2.34. The summed E-state index contributed by atoms with van der Waals surface area (Å²) in [6, 6.07) is -1.06. The van der Waals surface area contributed by atoms with Gasteiger partial charge in [0.05, 0.1) is 13.2 Å². The summed E-state index contributed by atoms with van der Waals surface area (Å²) in [5, 5.41) is 2.79. The molecular formula is C16H30N2O4. The highest BCUT2D eigenvalue weighted by Crippen LogP contribution is 2.22. The maximum Gasteiger partial charge on any atom is 0.329 e. The Kier molecular flexibility index (Phi) is 5.98. The molecule has 0 aromatic heterocycles. The summed E-state index contributed by atoms with van der Waals surface area (Å²) in [4.78, 5) is 24.6. The van der Waals surface area contributed by atoms with E-state index in [2.05, 4.69) is 5.32 Å². The standard InChI is InChI=1S/C16H30N2O4/c1-15(2,3)7-12(19)18-13(10-8-21-9-11(10)17)14(20)22-16(4,5)6/h10-11,13H,7-9,17H2,1-6H3,(H,18,19)/t10?,11-,13?/m0/s1. The molecule has 3 atom stereocenters. The van der Waals surface area contributed by atoms with E-state index in [1.807, 2.05) is 20.8 Å². The number of hydrogen-bond acceptors (Lipinski definition) is 5. The summed E-state index contributed by atoms with van der Waals surface area (Å²) in [5.74, 6) is -0.901. The molecule has 1 rings (SSSR count). The minimum absolute atomic E-state index is 0.156. The Hall–Kier alpha value is -1.14. The quantitative estimate of drug-likeness (QED) is 0.762. The molecule has 0 spiro atoms. The van der Waals surface area contributed by atoms with Gasteiger partial charge in [-0.15, -0.1) is 0 Å². The number of carbonyl (C=O) groups is 2. The maximum atomic E-state index is 12.4. The van der Waals surface area contributed by atoms with Crippen molar-refractivity contribution < 1.29 is 19.1 Å². The summed E-state index contributed by atoms with van der Waals surface area (Å²) in [6.07, 6.45) is 0.328. The number of hydrogen-bond donors (Lipinski definition) is 2. The smallest absolute Gasteiger partial charge is 0.329 e. The molecule has 0 aromatic carbocycles. The minimum atomic E-state index is -0.772. The van der Waals surface area contributed by atoms with Gasteiger partial charge in [-0.3, -0.25) is 4.79 Å². The molecule has 0 aromatic rings. The first-order valence-electron chi connectivity index (χ1n) is 7.74. The summed E-state index contributed by atoms with van der Waals surface area (Å²) < 4.78 is 10.8. The van der Waals surface area contributed by atoms with Gasteiger partial charge >= 0.3 is 5.97 Å². The Labute approximate surface area is 133 Å². The Morgan fingerprint density at radius 3 is 2.23 bits per heavy atom. The average molecular weight is 314 g/mol. The average Bonchev–Trinajstić information content (AvgIpc) is 2.67. The topological polar surface area (TPSA) is 90.7 Å². The van der Waals surface area contributed by atoms with Crippen LogP contribution in [0.15, 0.2) is 0 Å². The molecule has 22 heavy (non-hydrogen) atoms. The van der Waals surface area contributed by atoms with Crippen LogP contribution in [0.1, 0.15) is 48.0 Å². The summed E-state index contributed by atoms with van der Waals surface area (Å²) in [5.41, 5.74) is 5.23. The van der Waals surface area contributed by atoms with Gasteiger partial charge in [0, 0.05) is 18.4 Å². The molecule has 2 unspecified atom stereocenters. The molecule has 1 heterocycles. The molecule has 1 aliphatic heterocycles. The van der Waals surface area contributed by atoms with Crippen molar-refractivity contribution in [3.63, 3.8) is 0 Å². The highest BCUT2D eigenvalue weighted by Gasteiger charge is 2.40. The first kappa shape index (κ1) is 18.9. The normalized spacial score (nSPS) is 24.0. The molecule has 1 saturated heterocycles. The first-order chi connectivity index (χ1) is 9.89. The lowest BCUT2D eigenvalue weighted by Crippen LogP contribution is -2.53. The van der Waals surface area contributed by atoms with E-state index < -0.39 is 17.6 Å². The van der Waals surface area contributed by atoms with E-state index in [0.717, 1.165) is 0 Å². The number of ether oxygens (including phenoxy) is 2. The molecule has 0 bridgehead atoms. The summed E-state index contributed by atoms with van der Waals surface area (Å²) in [7, 11) is 0. The van der Waals surface area contributed by atoms with Crippen molar-refractivity contribution in [2.75, 3.05) is 13.2 Å². The first-order valence-corrected chi connectivity index (χ1v) is 7.74. The third-order valence-electron chi connectivity index (χ3n) is 3.27. The predicted molar refractivity (Wildman–Crippen MR) is 84.1 cm³/mol. The van der Waals surface area contributed by atoms with Gasteiger partial charge in [0.25, 0.3) is 0 Å². The van der Waals surface area contributed by atoms with Crippen LogP contribution in [0.4, 0.5) is 0 Å². The van der Waals surface area contributed by atoms with Crippen molar-refractivity contribution in [2.24, 2.45) is 17.1 Å². The molecule has 0 aliphatic carbocycles. The molecule has 0 radical (unpaired) electrons. The number of nitrogens with two attached hydrogens (primary N) is 1. The van der Waals surface area contributed by atoms with Crippen molar-refractivity contribution in [3.05, 3.63) is 0 Å². The van der Waals surface area contributed by atoms with Gasteiger partial charge in [-0.25, -0.2) is 4.79 Å². The molecule has 0 saturated carbocycles. The lowest BCUT2D eigenvalue weighted by atomic mass is 9.90. The SMILES string of the molecule is CC(C)(C)CC(=O)NC(C(=O)OC(C)(C)C)C1COC[C@@H]1N. The Bertz CT molecular complexity index is 409. The zero-order chi connectivity index (χ0) is 17.1. The molecule has 1 aliphatic rings. The van der Waals surface area contributed by atoms with E-state index in [1.54, 1.807) is 20.8 Å². The van der Waals surface area contributed by atoms with Crippen LogP contribution >= 0.6 is 0 Å². The van der Waals surface area contributed by atoms with E-state index in [9.17, 15) is 9.59 Å². The molecular weight excluding hydrogens is 284 g/mol. The Morgan fingerprint density at radius 1 is 1.23 bits per heavy atom. The summed E-state index contributed by atoms with van der Waals surface area (Å²) in [6.45, 7) is 12.0. The van der Waals surface area contributed by atoms with E-state index in [-0.39, 0.29) is 23.3 Å². The molecule has 3 N–H and O–H groups in total. The van der Waals surface area contributed by atoms with Crippen molar-refractivity contribution in [3.8, 4) is 0 Å². The van der Waals surface area contributed by atoms with Crippen LogP contribution in [0.25, 0.3) is 0 Å². The van der Waals surface area contributed by atoms with Crippen LogP contribution in [0.3, 0.4) is 0 Å². The second-order valence-corrected chi connectivity index (χ2v) is 8.18. The molecule has 6 heteroatoms. The van der Waals surface area contributed by atoms with Gasteiger partial charge in [-0.1, -0.05) is 20.8 Å². The maximum absolute atomic E-state index is 12.4. The molecule has 128 valence electrons. The zero-order valence-corrected chi connectivity index (χ0v) is 14.6. The lowest BCUT2D eigenvalue weighted by Gasteiger charge is -2.29. The fraction of sp³-hybridized carbons (Fsp3) is 0.875. The van der Waals surface area contributed by atoms with E-state index in [4.69, 9.17) is 15.2 Å². The second kappa shape index (κ2) is 6.96. The van der Waals surface area contributed by atoms with Crippen molar-refractivity contribution >= 4 is 11.9 Å². The number of esters is 1. The summed E-state index contributed by atoms with van der Waals surface area (Å²) >= 11 is 0. The second-order valence-electron chi connectivity index (χ2n) is 8.18. The molecule has 6 nitrogen and oxygen atoms in total. The van der Waals surface area contributed by atoms with Crippen molar-refractivity contribution in [1.82, 2.24) is 5.32 Å². The minimum Gasteiger partial charge on any atom is -0.458 e. The highest BCUT2D eigenvalue weighted by atomic mass is 16.6. The van der Waals surface area contributed by atoms with Crippen molar-refractivity contribution in [2.45, 2.75) is 65.6 Å². The van der Waals surface area contributed by atoms with Gasteiger partial charge in [-0.2, -0.15) is 0 Å². The largest absolute Gasteiger partial charge is 0.458 e. The predicted octanol–water partition coefficient (Wildman–Crippen LogP) is 1.22. The van der Waals surface area contributed by atoms with Gasteiger partial charge in [-0.05, 0) is 26.2 Å². The highest BCUT2D eigenvalue weighted by molar-refractivity contribution is 5.85. The van der Waals surface area contributed by atoms with Crippen LogP contribution in [0.5, 0.6) is 0 Å². The van der Waals surface area contributed by atoms with Crippen LogP contribution in [-0.4, -0.2) is 42.8 Å². The van der Waals surface area contributed by atoms with Crippen LogP contribution in [0, 0.1) is 11.3 Å². The van der Waals surface area contributed by atoms with Gasteiger partial charge in [0.2, 0.25) is 5.91 Å². The molecule has 1 fully saturated rings. The van der Waals surface area contributed by atoms with Crippen LogP contribution < -0.4 is 11.1 Å². The monoisotopic (exact) mass is 314 g/mol. The zero-order valence-electron chi connectivity index (χ0n) is 14.6. The number of nitrogens with one attached hydrogen (secondary N) is 1. The Morgan fingerprint density at radius 2 is 1.82 bits per heavy atom. The van der Waals surface area contributed by atoms with E-state index >= 15 is 0 Å². The van der Waals surface area contributed by atoms with Crippen LogP contribution in [-0.2, 0) is 19.1 Å². The number of rotatable bonds is 4. The Balaban J connectivity index is 2.82. The third kappa shape index (κ3) is 6.32. The van der Waals surface area contributed by atoms with Crippen molar-refractivity contribution in [1.29, 1.82) is 0 Å². The van der Waals surface area contributed by atoms with Gasteiger partial charge in [0.1, 0.15) is 11.6 Å². The van der Waals surface area contributed by atoms with E-state index in [0.29, 0.717) is 19.6 Å². The van der Waals surface area contributed by atoms with Gasteiger partial charge in [0.15, 0.2) is 0 Å². The lowest BCUT2D eigenvalue weighted by molar-refractivity contribution is -0.160. The van der Waals surface area contributed by atoms with Crippen LogP contribution in [0.2, 0.25) is 0 Å². The number of carbonyl (C=O) groups excluding carboxylic acids is 2. The number of amides is 1. The fourth-order valence-electron chi connectivity index (χ4n) is 2.34. The third-order valence-corrected chi connectivity index (χ3v) is 3.27. The van der Waals surface area contributed by atoms with E-state index in [1.165, 1.54) is 0 Å². The van der Waals surface area contributed by atoms with Gasteiger partial charge < -0.3 is 20.5 Å².